The molecule has 0 aliphatic rings. The molecule has 0 radical (unpaired) electrons. The number of hydrogen-bond donors (Lipinski definition) is 3. The number of carbonyl (C=O) groups is 4. The number of methoxy groups -OCH3 is 1. The molecule has 0 aliphatic carbocycles. The highest BCUT2D eigenvalue weighted by Crippen LogP contribution is 2.30. The molecule has 3 aromatic carbocycles. The molecule has 254 valence electrons. The lowest BCUT2D eigenvalue weighted by Gasteiger charge is -2.28. The number of rotatable bonds is 13. The van der Waals surface area contributed by atoms with Crippen LogP contribution in [0, 0.1) is 17.2 Å². The molecule has 0 saturated heterocycles. The lowest BCUT2D eigenvalue weighted by Crippen LogP contribution is -2.56. The van der Waals surface area contributed by atoms with Gasteiger partial charge in [0.25, 0.3) is 11.7 Å². The summed E-state index contributed by atoms with van der Waals surface area (Å²) in [6.07, 6.45) is -5.80. The molecule has 0 spiro atoms. The molecule has 3 rings (SSSR count). The minimum absolute atomic E-state index is 0.00960. The van der Waals surface area contributed by atoms with Crippen LogP contribution in [0.5, 0.6) is 5.75 Å². The smallest absolute Gasteiger partial charge is 0.452 e. The third kappa shape index (κ3) is 9.28. The summed E-state index contributed by atoms with van der Waals surface area (Å²) in [5.41, 5.74) is -0.544. The van der Waals surface area contributed by atoms with Crippen LogP contribution < -0.4 is 20.7 Å². The summed E-state index contributed by atoms with van der Waals surface area (Å²) in [6.45, 7) is 2.54. The first kappa shape index (κ1) is 37.4. The van der Waals surface area contributed by atoms with E-state index in [1.54, 1.807) is 0 Å². The molecule has 9 nitrogen and oxygen atoms in total. The zero-order valence-electron chi connectivity index (χ0n) is 25.7. The van der Waals surface area contributed by atoms with Gasteiger partial charge in [0.05, 0.1) is 24.8 Å². The van der Waals surface area contributed by atoms with Gasteiger partial charge in [-0.15, -0.1) is 0 Å². The number of alkyl halides is 5. The van der Waals surface area contributed by atoms with Crippen molar-refractivity contribution < 1.29 is 45.9 Å². The lowest BCUT2D eigenvalue weighted by atomic mass is 9.97. The number of nitrogens with one attached hydrogen (secondary N) is 3. The Morgan fingerprint density at radius 2 is 1.52 bits per heavy atom. The first-order valence-corrected chi connectivity index (χ1v) is 14.7. The molecule has 3 amide bonds. The second-order valence-corrected chi connectivity index (χ2v) is 11.3. The highest BCUT2D eigenvalue weighted by atomic mass is 35.5. The SMILES string of the molecule is COc1ccc([C@H](NC(=O)[C@H](Cc2ccccc2C#N)NC(=O)C(F)(F)c2cccc(Cl)c2)C(=O)N[C@H](C(=O)C(F)(F)F)C(C)C)cc1. The molecule has 0 aliphatic heterocycles. The normalized spacial score (nSPS) is 13.4. The fourth-order valence-corrected chi connectivity index (χ4v) is 4.78. The van der Waals surface area contributed by atoms with E-state index in [0.29, 0.717) is 5.75 Å². The molecule has 0 fully saturated rings. The third-order valence-corrected chi connectivity index (χ3v) is 7.42. The highest BCUT2D eigenvalue weighted by Gasteiger charge is 2.46. The van der Waals surface area contributed by atoms with E-state index >= 15 is 8.78 Å². The average Bonchev–Trinajstić information content (AvgIpc) is 3.04. The summed E-state index contributed by atoms with van der Waals surface area (Å²) in [4.78, 5) is 52.5. The number of halogens is 6. The van der Waals surface area contributed by atoms with E-state index in [9.17, 15) is 37.6 Å². The summed E-state index contributed by atoms with van der Waals surface area (Å²) < 4.78 is 75.7. The molecule has 0 heterocycles. The van der Waals surface area contributed by atoms with Crippen molar-refractivity contribution in [1.82, 2.24) is 16.0 Å². The van der Waals surface area contributed by atoms with E-state index < -0.39 is 71.6 Å². The number of benzene rings is 3. The molecule has 3 atom stereocenters. The van der Waals surface area contributed by atoms with Crippen LogP contribution in [0.15, 0.2) is 72.8 Å². The highest BCUT2D eigenvalue weighted by molar-refractivity contribution is 6.30. The number of nitriles is 1. The standard InChI is InChI=1S/C33H30ClF5N4O5/c1-18(2)26(28(44)33(37,38)39)42-30(46)27(19-11-13-24(48-3)14-12-19)43-29(45)25(15-20-7-4-5-8-21(20)17-40)41-31(47)32(35,36)22-9-6-10-23(34)16-22/h4-14,16,18,25-27H,15H2,1-3H3,(H,41,47)(H,42,46)(H,43,45)/t25-,26-,27-/m0/s1. The van der Waals surface area contributed by atoms with Gasteiger partial charge in [0.2, 0.25) is 11.8 Å². The molecule has 48 heavy (non-hydrogen) atoms. The first-order chi connectivity index (χ1) is 22.5. The molecular formula is C33H30ClF5N4O5. The van der Waals surface area contributed by atoms with Crippen molar-refractivity contribution in [3.8, 4) is 11.8 Å². The van der Waals surface area contributed by atoms with E-state index in [1.807, 2.05) is 16.7 Å². The molecule has 3 aromatic rings. The van der Waals surface area contributed by atoms with Crippen LogP contribution in [0.1, 0.15) is 42.1 Å². The maximum atomic E-state index is 15.3. The fourth-order valence-electron chi connectivity index (χ4n) is 4.59. The number of hydrogen-bond acceptors (Lipinski definition) is 6. The molecule has 3 N–H and O–H groups in total. The molecule has 15 heteroatoms. The number of amides is 3. The maximum absolute atomic E-state index is 15.3. The van der Waals surface area contributed by atoms with Crippen molar-refractivity contribution in [3.63, 3.8) is 0 Å². The number of carbonyl (C=O) groups excluding carboxylic acids is 4. The largest absolute Gasteiger partial charge is 0.497 e. The Morgan fingerprint density at radius 3 is 2.08 bits per heavy atom. The van der Waals surface area contributed by atoms with Crippen LogP contribution in [-0.2, 0) is 31.5 Å². The molecule has 0 unspecified atom stereocenters. The monoisotopic (exact) mass is 692 g/mol. The van der Waals surface area contributed by atoms with Gasteiger partial charge in [0.15, 0.2) is 0 Å². The fraction of sp³-hybridized carbons (Fsp3) is 0.303. The van der Waals surface area contributed by atoms with Crippen LogP contribution in [0.2, 0.25) is 5.02 Å². The predicted octanol–water partition coefficient (Wildman–Crippen LogP) is 5.17. The molecule has 0 saturated carbocycles. The van der Waals surface area contributed by atoms with Gasteiger partial charge < -0.3 is 20.7 Å². The number of Topliss-reactive ketones (excluding diaryl/α,β-unsaturated/α-hetero) is 1. The van der Waals surface area contributed by atoms with Crippen LogP contribution in [-0.4, -0.2) is 48.9 Å². The van der Waals surface area contributed by atoms with Gasteiger partial charge in [-0.2, -0.15) is 27.2 Å². The van der Waals surface area contributed by atoms with Crippen molar-refractivity contribution >= 4 is 35.1 Å². The van der Waals surface area contributed by atoms with E-state index in [4.69, 9.17) is 16.3 Å². The van der Waals surface area contributed by atoms with Gasteiger partial charge in [-0.25, -0.2) is 0 Å². The third-order valence-electron chi connectivity index (χ3n) is 7.18. The van der Waals surface area contributed by atoms with Crippen molar-refractivity contribution in [2.75, 3.05) is 7.11 Å². The summed E-state index contributed by atoms with van der Waals surface area (Å²) in [6, 6.07) is 11.8. The quantitative estimate of drug-likeness (QED) is 0.212. The minimum atomic E-state index is -5.29. The first-order valence-electron chi connectivity index (χ1n) is 14.3. The van der Waals surface area contributed by atoms with Crippen LogP contribution in [0.25, 0.3) is 0 Å². The summed E-state index contributed by atoms with van der Waals surface area (Å²) in [7, 11) is 1.35. The second-order valence-electron chi connectivity index (χ2n) is 10.9. The summed E-state index contributed by atoms with van der Waals surface area (Å²) in [5, 5.41) is 15.8. The summed E-state index contributed by atoms with van der Waals surface area (Å²) >= 11 is 5.83. The van der Waals surface area contributed by atoms with Gasteiger partial charge in [-0.3, -0.25) is 19.2 Å². The predicted molar refractivity (Wildman–Crippen MR) is 164 cm³/mol. The molecule has 0 bridgehead atoms. The average molecular weight is 693 g/mol. The van der Waals surface area contributed by atoms with E-state index in [0.717, 1.165) is 12.1 Å². The summed E-state index contributed by atoms with van der Waals surface area (Å²) in [5.74, 6) is -11.5. The zero-order chi connectivity index (χ0) is 35.8. The van der Waals surface area contributed by atoms with E-state index in [2.05, 4.69) is 5.32 Å². The molecule has 0 aromatic heterocycles. The number of ether oxygens (including phenoxy) is 1. The Hall–Kier alpha value is -5.03. The van der Waals surface area contributed by atoms with Crippen LogP contribution in [0.3, 0.4) is 0 Å². The Morgan fingerprint density at radius 1 is 0.875 bits per heavy atom. The van der Waals surface area contributed by atoms with Gasteiger partial charge in [0.1, 0.15) is 17.8 Å². The second kappa shape index (κ2) is 15.7. The van der Waals surface area contributed by atoms with Crippen LogP contribution >= 0.6 is 11.6 Å². The number of nitrogens with zero attached hydrogens (tertiary/aromatic N) is 1. The van der Waals surface area contributed by atoms with Crippen molar-refractivity contribution in [2.24, 2.45) is 5.92 Å². The maximum Gasteiger partial charge on any atom is 0.452 e. The van der Waals surface area contributed by atoms with Gasteiger partial charge in [0, 0.05) is 17.0 Å². The van der Waals surface area contributed by atoms with E-state index in [1.165, 1.54) is 81.6 Å². The van der Waals surface area contributed by atoms with E-state index in [-0.39, 0.29) is 21.7 Å². The Kier molecular flexibility index (Phi) is 12.2. The van der Waals surface area contributed by atoms with Gasteiger partial charge in [-0.1, -0.05) is 67.9 Å². The van der Waals surface area contributed by atoms with Crippen molar-refractivity contribution in [1.29, 1.82) is 5.26 Å². The Labute approximate surface area is 277 Å². The topological polar surface area (TPSA) is 137 Å². The molecular weight excluding hydrogens is 663 g/mol. The minimum Gasteiger partial charge on any atom is -0.497 e. The zero-order valence-corrected chi connectivity index (χ0v) is 26.5. The van der Waals surface area contributed by atoms with Crippen molar-refractivity contribution in [3.05, 3.63) is 100 Å². The lowest BCUT2D eigenvalue weighted by molar-refractivity contribution is -0.175. The van der Waals surface area contributed by atoms with Gasteiger partial charge in [-0.05, 0) is 47.4 Å². The van der Waals surface area contributed by atoms with Crippen LogP contribution in [0.4, 0.5) is 22.0 Å². The Bertz CT molecular complexity index is 1690. The number of ketones is 1. The Balaban J connectivity index is 2.03. The van der Waals surface area contributed by atoms with Crippen molar-refractivity contribution in [2.45, 2.75) is 50.5 Å². The van der Waals surface area contributed by atoms with Gasteiger partial charge >= 0.3 is 12.1 Å².